The molecule has 4 atom stereocenters. The Kier molecular flexibility index (Phi) is 7.74. The smallest absolute Gasteiger partial charge is 0.410 e. The lowest BCUT2D eigenvalue weighted by atomic mass is 9.92. The Morgan fingerprint density at radius 1 is 1.20 bits per heavy atom. The van der Waals surface area contributed by atoms with Crippen molar-refractivity contribution in [2.45, 2.75) is 76.6 Å². The molecule has 35 heavy (non-hydrogen) atoms. The molecule has 194 valence electrons. The van der Waals surface area contributed by atoms with Gasteiger partial charge in [-0.2, -0.15) is 0 Å². The third kappa shape index (κ3) is 5.83. The van der Waals surface area contributed by atoms with Crippen molar-refractivity contribution in [2.75, 3.05) is 31.6 Å². The van der Waals surface area contributed by atoms with Gasteiger partial charge in [-0.3, -0.25) is 4.57 Å². The van der Waals surface area contributed by atoms with Gasteiger partial charge in [0.15, 0.2) is 23.2 Å². The van der Waals surface area contributed by atoms with Gasteiger partial charge in [-0.1, -0.05) is 0 Å². The molecule has 2 aliphatic rings. The van der Waals surface area contributed by atoms with Crippen LogP contribution in [-0.2, 0) is 9.47 Å². The summed E-state index contributed by atoms with van der Waals surface area (Å²) < 4.78 is 12.6. The van der Waals surface area contributed by atoms with Crippen LogP contribution in [0.4, 0.5) is 10.6 Å². The monoisotopic (exact) mass is 492 g/mol. The number of piperidine rings is 1. The number of hydrogen-bond donors (Lipinski definition) is 4. The highest BCUT2D eigenvalue weighted by Gasteiger charge is 2.44. The molecule has 0 saturated carbocycles. The third-order valence-corrected chi connectivity index (χ3v) is 6.50. The van der Waals surface area contributed by atoms with E-state index in [1.54, 1.807) is 9.47 Å². The number of aliphatic hydroxyl groups is 3. The molecule has 1 unspecified atom stereocenters. The van der Waals surface area contributed by atoms with Crippen molar-refractivity contribution in [1.82, 2.24) is 24.4 Å². The fraction of sp³-hybridized carbons (Fsp3) is 0.739. The number of amides is 1. The maximum atomic E-state index is 12.2. The van der Waals surface area contributed by atoms with Crippen LogP contribution in [-0.4, -0.2) is 96.0 Å². The van der Waals surface area contributed by atoms with E-state index in [0.29, 0.717) is 29.4 Å². The molecule has 2 saturated heterocycles. The van der Waals surface area contributed by atoms with E-state index in [4.69, 9.17) is 9.47 Å². The lowest BCUT2D eigenvalue weighted by Gasteiger charge is -2.33. The first-order valence-electron chi connectivity index (χ1n) is 12.2. The van der Waals surface area contributed by atoms with Crippen molar-refractivity contribution in [3.05, 3.63) is 12.7 Å². The molecule has 12 nitrogen and oxygen atoms in total. The molecule has 1 amide bonds. The summed E-state index contributed by atoms with van der Waals surface area (Å²) in [5, 5.41) is 33.0. The molecular formula is C23H36N6O6. The molecule has 4 rings (SSSR count). The summed E-state index contributed by atoms with van der Waals surface area (Å²) in [6, 6.07) is 0. The predicted molar refractivity (Wildman–Crippen MR) is 127 cm³/mol. The number of aliphatic hydroxyl groups excluding tert-OH is 3. The number of rotatable bonds is 7. The summed E-state index contributed by atoms with van der Waals surface area (Å²) in [5.41, 5.74) is 0.525. The summed E-state index contributed by atoms with van der Waals surface area (Å²) in [6.45, 7) is 7.38. The van der Waals surface area contributed by atoms with E-state index >= 15 is 0 Å². The Bertz CT molecular complexity index is 1000. The molecule has 0 aromatic carbocycles. The number of carbonyl (C=O) groups excluding carboxylic acids is 1. The maximum Gasteiger partial charge on any atom is 0.410 e. The quantitative estimate of drug-likeness (QED) is 0.415. The van der Waals surface area contributed by atoms with E-state index in [-0.39, 0.29) is 6.09 Å². The first-order chi connectivity index (χ1) is 16.7. The molecule has 2 aromatic heterocycles. The first kappa shape index (κ1) is 25.5. The minimum absolute atomic E-state index is 0.234. The number of likely N-dealkylation sites (tertiary alicyclic amines) is 1. The van der Waals surface area contributed by atoms with Crippen molar-refractivity contribution in [3.8, 4) is 0 Å². The molecule has 4 N–H and O–H groups in total. The van der Waals surface area contributed by atoms with Gasteiger partial charge in [0.25, 0.3) is 0 Å². The second kappa shape index (κ2) is 10.6. The lowest BCUT2D eigenvalue weighted by Crippen LogP contribution is -2.41. The summed E-state index contributed by atoms with van der Waals surface area (Å²) in [4.78, 5) is 27.0. The van der Waals surface area contributed by atoms with Crippen LogP contribution in [0.1, 0.15) is 52.7 Å². The van der Waals surface area contributed by atoms with Crippen LogP contribution in [0.25, 0.3) is 11.2 Å². The van der Waals surface area contributed by atoms with Crippen LogP contribution < -0.4 is 5.32 Å². The number of nitrogens with zero attached hydrogens (tertiary/aromatic N) is 5. The first-order valence-corrected chi connectivity index (χ1v) is 12.2. The van der Waals surface area contributed by atoms with Crippen molar-refractivity contribution in [3.63, 3.8) is 0 Å². The van der Waals surface area contributed by atoms with Crippen molar-refractivity contribution in [2.24, 2.45) is 5.92 Å². The van der Waals surface area contributed by atoms with Gasteiger partial charge in [-0.15, -0.1) is 0 Å². The lowest BCUT2D eigenvalue weighted by molar-refractivity contribution is -0.0511. The summed E-state index contributed by atoms with van der Waals surface area (Å²) in [6.07, 6.45) is 2.40. The Morgan fingerprint density at radius 3 is 2.60 bits per heavy atom. The SMILES string of the molecule is CC(C)(C)OC(=O)N1CCC(CCCNc2ncnc3c2ncn3[C@@H]2O[C@H](CO)C(O)[C@@H]2O)CC1. The highest BCUT2D eigenvalue weighted by molar-refractivity contribution is 5.82. The Hall–Kier alpha value is -2.54. The largest absolute Gasteiger partial charge is 0.444 e. The van der Waals surface area contributed by atoms with Gasteiger partial charge in [-0.05, 0) is 52.4 Å². The molecule has 0 bridgehead atoms. The van der Waals surface area contributed by atoms with Crippen LogP contribution >= 0.6 is 0 Å². The summed E-state index contributed by atoms with van der Waals surface area (Å²) in [5.74, 6) is 1.15. The number of fused-ring (bicyclic) bond motifs is 1. The zero-order chi connectivity index (χ0) is 25.2. The summed E-state index contributed by atoms with van der Waals surface area (Å²) in [7, 11) is 0. The Balaban J connectivity index is 1.27. The van der Waals surface area contributed by atoms with Gasteiger partial charge in [0.1, 0.15) is 30.2 Å². The van der Waals surface area contributed by atoms with E-state index in [2.05, 4.69) is 20.3 Å². The van der Waals surface area contributed by atoms with E-state index in [0.717, 1.165) is 38.8 Å². The molecule has 4 heterocycles. The topological polar surface area (TPSA) is 155 Å². The van der Waals surface area contributed by atoms with Gasteiger partial charge in [0.05, 0.1) is 12.9 Å². The summed E-state index contributed by atoms with van der Waals surface area (Å²) >= 11 is 0. The fourth-order valence-corrected chi connectivity index (χ4v) is 4.61. The highest BCUT2D eigenvalue weighted by atomic mass is 16.6. The average molecular weight is 493 g/mol. The number of aromatic nitrogens is 4. The molecular weight excluding hydrogens is 456 g/mol. The maximum absolute atomic E-state index is 12.2. The van der Waals surface area contributed by atoms with E-state index in [9.17, 15) is 20.1 Å². The van der Waals surface area contributed by atoms with Crippen molar-refractivity contribution < 1.29 is 29.6 Å². The zero-order valence-electron chi connectivity index (χ0n) is 20.5. The Morgan fingerprint density at radius 2 is 1.94 bits per heavy atom. The van der Waals surface area contributed by atoms with Crippen LogP contribution in [0, 0.1) is 5.92 Å². The van der Waals surface area contributed by atoms with Gasteiger partial charge < -0.3 is 35.0 Å². The number of hydrogen-bond acceptors (Lipinski definition) is 10. The zero-order valence-corrected chi connectivity index (χ0v) is 20.5. The molecule has 0 radical (unpaired) electrons. The van der Waals surface area contributed by atoms with Crippen LogP contribution in [0.2, 0.25) is 0 Å². The Labute approximate surface area is 204 Å². The second-order valence-electron chi connectivity index (χ2n) is 10.3. The predicted octanol–water partition coefficient (Wildman–Crippen LogP) is 1.28. The number of anilines is 1. The average Bonchev–Trinajstić information content (AvgIpc) is 3.37. The number of carbonyl (C=O) groups is 1. The number of nitrogens with one attached hydrogen (secondary N) is 1. The number of imidazole rings is 1. The van der Waals surface area contributed by atoms with Crippen molar-refractivity contribution >= 4 is 23.1 Å². The van der Waals surface area contributed by atoms with Crippen LogP contribution in [0.5, 0.6) is 0 Å². The van der Waals surface area contributed by atoms with Crippen molar-refractivity contribution in [1.29, 1.82) is 0 Å². The van der Waals surface area contributed by atoms with Crippen LogP contribution in [0.3, 0.4) is 0 Å². The van der Waals surface area contributed by atoms with Gasteiger partial charge >= 0.3 is 6.09 Å². The normalized spacial score (nSPS) is 25.8. The van der Waals surface area contributed by atoms with Gasteiger partial charge in [-0.25, -0.2) is 19.7 Å². The highest BCUT2D eigenvalue weighted by Crippen LogP contribution is 2.32. The third-order valence-electron chi connectivity index (χ3n) is 6.50. The van der Waals surface area contributed by atoms with E-state index < -0.39 is 36.7 Å². The standard InChI is InChI=1S/C23H36N6O6/c1-23(2,3)35-22(33)28-9-6-14(7-10-28)5-4-8-24-19-16-20(26-12-25-19)29(13-27-16)21-18(32)17(31)15(11-30)34-21/h12-15,17-18,21,30-32H,4-11H2,1-3H3,(H,24,25,26)/t15-,17?,18+,21-/m1/s1. The molecule has 2 aromatic rings. The van der Waals surface area contributed by atoms with E-state index in [1.807, 2.05) is 20.8 Å². The molecule has 12 heteroatoms. The van der Waals surface area contributed by atoms with Gasteiger partial charge in [0, 0.05) is 19.6 Å². The second-order valence-corrected chi connectivity index (χ2v) is 10.3. The molecule has 0 spiro atoms. The minimum Gasteiger partial charge on any atom is -0.444 e. The minimum atomic E-state index is -1.21. The molecule has 0 aliphatic carbocycles. The molecule has 2 aliphatic heterocycles. The van der Waals surface area contributed by atoms with E-state index in [1.165, 1.54) is 12.7 Å². The number of ether oxygens (including phenoxy) is 2. The van der Waals surface area contributed by atoms with Gasteiger partial charge in [0.2, 0.25) is 0 Å². The molecule has 2 fully saturated rings. The van der Waals surface area contributed by atoms with Crippen LogP contribution in [0.15, 0.2) is 12.7 Å². The fourth-order valence-electron chi connectivity index (χ4n) is 4.61.